The van der Waals surface area contributed by atoms with Gasteiger partial charge >= 0.3 is 0 Å². The third-order valence-corrected chi connectivity index (χ3v) is 2.56. The Morgan fingerprint density at radius 1 is 1.46 bits per heavy atom. The van der Waals surface area contributed by atoms with Gasteiger partial charge in [-0.25, -0.2) is 0 Å². The van der Waals surface area contributed by atoms with E-state index in [0.29, 0.717) is 5.69 Å². The summed E-state index contributed by atoms with van der Waals surface area (Å²) < 4.78 is 0. The fourth-order valence-corrected chi connectivity index (χ4v) is 1.57. The molecule has 0 aliphatic heterocycles. The van der Waals surface area contributed by atoms with Crippen molar-refractivity contribution in [1.82, 2.24) is 4.98 Å². The smallest absolute Gasteiger partial charge is 0.166 e. The molecule has 2 nitrogen and oxygen atoms in total. The molecule has 0 aliphatic carbocycles. The van der Waals surface area contributed by atoms with Crippen molar-refractivity contribution in [3.05, 3.63) is 34.5 Å². The SMILES string of the molecule is Cc1c(Cl)ccc2[nH]c(C=O)cc12. The summed E-state index contributed by atoms with van der Waals surface area (Å²) in [5.41, 5.74) is 2.54. The number of aldehydes is 1. The molecule has 2 rings (SSSR count). The average molecular weight is 194 g/mol. The molecule has 13 heavy (non-hydrogen) atoms. The minimum atomic E-state index is 0.584. The van der Waals surface area contributed by atoms with Gasteiger partial charge in [0, 0.05) is 15.9 Å². The summed E-state index contributed by atoms with van der Waals surface area (Å²) in [5.74, 6) is 0. The lowest BCUT2D eigenvalue weighted by molar-refractivity contribution is 0.112. The molecule has 0 saturated heterocycles. The predicted octanol–water partition coefficient (Wildman–Crippen LogP) is 2.94. The van der Waals surface area contributed by atoms with E-state index < -0.39 is 0 Å². The molecule has 1 aromatic carbocycles. The van der Waals surface area contributed by atoms with E-state index in [1.54, 1.807) is 0 Å². The monoisotopic (exact) mass is 193 g/mol. The van der Waals surface area contributed by atoms with Crippen LogP contribution in [0.1, 0.15) is 16.1 Å². The fraction of sp³-hybridized carbons (Fsp3) is 0.100. The van der Waals surface area contributed by atoms with Gasteiger partial charge in [-0.3, -0.25) is 4.79 Å². The van der Waals surface area contributed by atoms with Crippen LogP contribution >= 0.6 is 11.6 Å². The van der Waals surface area contributed by atoms with Gasteiger partial charge in [-0.05, 0) is 30.7 Å². The summed E-state index contributed by atoms with van der Waals surface area (Å²) >= 11 is 5.94. The van der Waals surface area contributed by atoms with E-state index in [2.05, 4.69) is 4.98 Å². The van der Waals surface area contributed by atoms with Gasteiger partial charge < -0.3 is 4.98 Å². The van der Waals surface area contributed by atoms with E-state index in [1.807, 2.05) is 25.1 Å². The highest BCUT2D eigenvalue weighted by molar-refractivity contribution is 6.32. The number of carbonyl (C=O) groups excluding carboxylic acids is 1. The lowest BCUT2D eigenvalue weighted by Crippen LogP contribution is -1.76. The molecule has 3 heteroatoms. The first kappa shape index (κ1) is 8.32. The van der Waals surface area contributed by atoms with E-state index in [4.69, 9.17) is 11.6 Å². The van der Waals surface area contributed by atoms with Crippen LogP contribution in [0.4, 0.5) is 0 Å². The Morgan fingerprint density at radius 2 is 2.23 bits per heavy atom. The van der Waals surface area contributed by atoms with Crippen LogP contribution in [0.25, 0.3) is 10.9 Å². The second kappa shape index (κ2) is 2.89. The summed E-state index contributed by atoms with van der Waals surface area (Å²) in [4.78, 5) is 13.5. The Morgan fingerprint density at radius 3 is 2.92 bits per heavy atom. The summed E-state index contributed by atoms with van der Waals surface area (Å²) in [5, 5.41) is 1.73. The molecule has 2 aromatic rings. The topological polar surface area (TPSA) is 32.9 Å². The number of halogens is 1. The average Bonchev–Trinajstić information content (AvgIpc) is 2.55. The molecule has 0 radical (unpaired) electrons. The van der Waals surface area contributed by atoms with Crippen molar-refractivity contribution in [2.45, 2.75) is 6.92 Å². The highest BCUT2D eigenvalue weighted by atomic mass is 35.5. The molecule has 0 unspecified atom stereocenters. The molecule has 1 N–H and O–H groups in total. The van der Waals surface area contributed by atoms with Crippen LogP contribution in [-0.4, -0.2) is 11.3 Å². The summed E-state index contributed by atoms with van der Waals surface area (Å²) in [7, 11) is 0. The largest absolute Gasteiger partial charge is 0.352 e. The maximum Gasteiger partial charge on any atom is 0.166 e. The van der Waals surface area contributed by atoms with Crippen LogP contribution in [0.3, 0.4) is 0 Å². The van der Waals surface area contributed by atoms with E-state index in [0.717, 1.165) is 27.8 Å². The van der Waals surface area contributed by atoms with Crippen LogP contribution < -0.4 is 0 Å². The van der Waals surface area contributed by atoms with E-state index in [-0.39, 0.29) is 0 Å². The second-order valence-electron chi connectivity index (χ2n) is 2.98. The van der Waals surface area contributed by atoms with Gasteiger partial charge in [0.1, 0.15) is 0 Å². The van der Waals surface area contributed by atoms with Crippen molar-refractivity contribution in [3.8, 4) is 0 Å². The van der Waals surface area contributed by atoms with Gasteiger partial charge in [-0.15, -0.1) is 0 Å². The molecule has 0 aliphatic rings. The van der Waals surface area contributed by atoms with Gasteiger partial charge in [0.2, 0.25) is 0 Å². The molecule has 0 amide bonds. The van der Waals surface area contributed by atoms with Crippen LogP contribution in [-0.2, 0) is 0 Å². The first-order valence-corrected chi connectivity index (χ1v) is 4.33. The number of aromatic nitrogens is 1. The zero-order valence-corrected chi connectivity index (χ0v) is 7.85. The second-order valence-corrected chi connectivity index (χ2v) is 3.38. The highest BCUT2D eigenvalue weighted by Gasteiger charge is 2.04. The molecule has 0 spiro atoms. The van der Waals surface area contributed by atoms with E-state index >= 15 is 0 Å². The molecule has 1 heterocycles. The Balaban J connectivity index is 2.83. The van der Waals surface area contributed by atoms with Crippen molar-refractivity contribution in [1.29, 1.82) is 0 Å². The van der Waals surface area contributed by atoms with E-state index in [9.17, 15) is 4.79 Å². The normalized spacial score (nSPS) is 10.6. The first-order chi connectivity index (χ1) is 6.22. The summed E-state index contributed by atoms with van der Waals surface area (Å²) in [6.45, 7) is 1.94. The quantitative estimate of drug-likeness (QED) is 0.694. The van der Waals surface area contributed by atoms with Crippen molar-refractivity contribution >= 4 is 28.8 Å². The number of fused-ring (bicyclic) bond motifs is 1. The van der Waals surface area contributed by atoms with Crippen molar-refractivity contribution in [2.24, 2.45) is 0 Å². The predicted molar refractivity (Wildman–Crippen MR) is 53.4 cm³/mol. The minimum Gasteiger partial charge on any atom is -0.352 e. The molecule has 0 saturated carbocycles. The lowest BCUT2D eigenvalue weighted by Gasteiger charge is -1.97. The number of hydrogen-bond donors (Lipinski definition) is 1. The number of benzene rings is 1. The molecule has 66 valence electrons. The standard InChI is InChI=1S/C10H8ClNO/c1-6-8-4-7(5-13)12-10(8)3-2-9(6)11/h2-5,12H,1H3. The maximum absolute atomic E-state index is 10.5. The van der Waals surface area contributed by atoms with Crippen LogP contribution in [0, 0.1) is 6.92 Å². The van der Waals surface area contributed by atoms with Gasteiger partial charge in [-0.1, -0.05) is 11.6 Å². The molecule has 0 bridgehead atoms. The number of carbonyl (C=O) groups is 1. The van der Waals surface area contributed by atoms with Gasteiger partial charge in [0.25, 0.3) is 0 Å². The molecule has 1 aromatic heterocycles. The zero-order valence-electron chi connectivity index (χ0n) is 7.10. The third kappa shape index (κ3) is 1.23. The van der Waals surface area contributed by atoms with Crippen molar-refractivity contribution < 1.29 is 4.79 Å². The Kier molecular flexibility index (Phi) is 1.85. The van der Waals surface area contributed by atoms with Crippen molar-refractivity contribution in [3.63, 3.8) is 0 Å². The molecule has 0 fully saturated rings. The molecular weight excluding hydrogens is 186 g/mol. The maximum atomic E-state index is 10.5. The van der Waals surface area contributed by atoms with Crippen LogP contribution in [0.2, 0.25) is 5.02 Å². The van der Waals surface area contributed by atoms with Gasteiger partial charge in [0.15, 0.2) is 6.29 Å². The van der Waals surface area contributed by atoms with Crippen LogP contribution in [0.15, 0.2) is 18.2 Å². The minimum absolute atomic E-state index is 0.584. The van der Waals surface area contributed by atoms with Crippen molar-refractivity contribution in [2.75, 3.05) is 0 Å². The fourth-order valence-electron chi connectivity index (χ4n) is 1.41. The Bertz CT molecular complexity index is 473. The van der Waals surface area contributed by atoms with Crippen LogP contribution in [0.5, 0.6) is 0 Å². The zero-order chi connectivity index (χ0) is 9.42. The lowest BCUT2D eigenvalue weighted by atomic mass is 10.1. The number of aromatic amines is 1. The summed E-state index contributed by atoms with van der Waals surface area (Å²) in [6.07, 6.45) is 0.799. The number of rotatable bonds is 1. The molecule has 0 atom stereocenters. The Labute approximate surface area is 80.5 Å². The summed E-state index contributed by atoms with van der Waals surface area (Å²) in [6, 6.07) is 5.51. The van der Waals surface area contributed by atoms with Gasteiger partial charge in [-0.2, -0.15) is 0 Å². The van der Waals surface area contributed by atoms with E-state index in [1.165, 1.54) is 0 Å². The number of hydrogen-bond acceptors (Lipinski definition) is 1. The number of aryl methyl sites for hydroxylation is 1. The Hall–Kier alpha value is -1.28. The first-order valence-electron chi connectivity index (χ1n) is 3.95. The third-order valence-electron chi connectivity index (χ3n) is 2.15. The number of nitrogens with one attached hydrogen (secondary N) is 1. The number of H-pyrrole nitrogens is 1. The molecular formula is C10H8ClNO. The van der Waals surface area contributed by atoms with Gasteiger partial charge in [0.05, 0.1) is 5.69 Å². The highest BCUT2D eigenvalue weighted by Crippen LogP contribution is 2.25.